The zero-order chi connectivity index (χ0) is 14.1. The number of nitrogens with one attached hydrogen (secondary N) is 1. The van der Waals surface area contributed by atoms with Gasteiger partial charge in [-0.05, 0) is 24.6 Å². The molecular weight excluding hydrogens is 266 g/mol. The molecule has 0 spiro atoms. The van der Waals surface area contributed by atoms with E-state index in [0.717, 1.165) is 0 Å². The average Bonchev–Trinajstić information content (AvgIpc) is 2.42. The third-order valence-electron chi connectivity index (χ3n) is 2.27. The Morgan fingerprint density at radius 2 is 2.21 bits per heavy atom. The number of hydrogen-bond donors (Lipinski definition) is 2. The topological polar surface area (TPSA) is 75.6 Å². The van der Waals surface area contributed by atoms with E-state index in [9.17, 15) is 8.42 Å². The van der Waals surface area contributed by atoms with E-state index in [4.69, 9.17) is 9.84 Å². The van der Waals surface area contributed by atoms with Crippen molar-refractivity contribution in [2.45, 2.75) is 11.3 Å². The normalized spacial score (nSPS) is 10.8. The summed E-state index contributed by atoms with van der Waals surface area (Å²) >= 11 is 0. The molecule has 0 bridgehead atoms. The number of benzene rings is 1. The molecule has 0 aromatic heterocycles. The second-order valence-electron chi connectivity index (χ2n) is 3.73. The van der Waals surface area contributed by atoms with Crippen molar-refractivity contribution in [3.05, 3.63) is 29.8 Å². The highest BCUT2D eigenvalue weighted by molar-refractivity contribution is 7.89. The molecule has 104 valence electrons. The molecule has 0 amide bonds. The zero-order valence-corrected chi connectivity index (χ0v) is 11.5. The van der Waals surface area contributed by atoms with Gasteiger partial charge >= 0.3 is 0 Å². The van der Waals surface area contributed by atoms with E-state index in [1.54, 1.807) is 19.2 Å². The van der Waals surface area contributed by atoms with Crippen LogP contribution in [0.5, 0.6) is 0 Å². The summed E-state index contributed by atoms with van der Waals surface area (Å²) in [6.45, 7) is 0.569. The Labute approximate surface area is 113 Å². The Morgan fingerprint density at radius 3 is 2.89 bits per heavy atom. The van der Waals surface area contributed by atoms with Crippen LogP contribution in [0.4, 0.5) is 0 Å². The summed E-state index contributed by atoms with van der Waals surface area (Å²) in [6.07, 6.45) is 0.611. The summed E-state index contributed by atoms with van der Waals surface area (Å²) in [5, 5.41) is 8.61. The van der Waals surface area contributed by atoms with Crippen molar-refractivity contribution >= 4 is 10.0 Å². The highest BCUT2D eigenvalue weighted by Crippen LogP contribution is 2.10. The zero-order valence-electron chi connectivity index (χ0n) is 10.7. The lowest BCUT2D eigenvalue weighted by Gasteiger charge is -2.06. The van der Waals surface area contributed by atoms with E-state index in [-0.39, 0.29) is 11.5 Å². The molecule has 0 atom stereocenters. The van der Waals surface area contributed by atoms with Crippen LogP contribution in [0, 0.1) is 11.8 Å². The number of rotatable bonds is 6. The first kappa shape index (κ1) is 15.7. The number of ether oxygens (including phenoxy) is 1. The first-order valence-corrected chi connectivity index (χ1v) is 7.27. The number of aliphatic hydroxyl groups excluding tert-OH is 1. The minimum Gasteiger partial charge on any atom is -0.385 e. The van der Waals surface area contributed by atoms with Gasteiger partial charge in [-0.3, -0.25) is 0 Å². The molecule has 0 aliphatic rings. The lowest BCUT2D eigenvalue weighted by atomic mass is 10.2. The smallest absolute Gasteiger partial charge is 0.240 e. The number of sulfonamides is 1. The summed E-state index contributed by atoms with van der Waals surface area (Å²) in [5.41, 5.74) is 0.550. The molecule has 6 heteroatoms. The summed E-state index contributed by atoms with van der Waals surface area (Å²) in [5.74, 6) is 5.15. The van der Waals surface area contributed by atoms with Crippen LogP contribution in [-0.4, -0.2) is 40.4 Å². The third kappa shape index (κ3) is 5.41. The first-order valence-electron chi connectivity index (χ1n) is 5.78. The first-order chi connectivity index (χ1) is 9.10. The molecule has 0 saturated heterocycles. The van der Waals surface area contributed by atoms with Crippen molar-refractivity contribution in [3.63, 3.8) is 0 Å². The van der Waals surface area contributed by atoms with Crippen LogP contribution in [0.1, 0.15) is 12.0 Å². The Morgan fingerprint density at radius 1 is 1.42 bits per heavy atom. The van der Waals surface area contributed by atoms with Gasteiger partial charge in [0.1, 0.15) is 6.61 Å². The Balaban J connectivity index is 2.77. The summed E-state index contributed by atoms with van der Waals surface area (Å²) < 4.78 is 31.3. The van der Waals surface area contributed by atoms with Crippen molar-refractivity contribution in [2.24, 2.45) is 0 Å². The van der Waals surface area contributed by atoms with Crippen LogP contribution < -0.4 is 4.72 Å². The number of hydrogen-bond acceptors (Lipinski definition) is 4. The molecule has 2 N–H and O–H groups in total. The van der Waals surface area contributed by atoms with Crippen LogP contribution >= 0.6 is 0 Å². The predicted octanol–water partition coefficient (Wildman–Crippen LogP) is 0.345. The fourth-order valence-electron chi connectivity index (χ4n) is 1.39. The minimum atomic E-state index is -3.52. The molecule has 0 radical (unpaired) electrons. The van der Waals surface area contributed by atoms with Gasteiger partial charge in [0.25, 0.3) is 0 Å². The molecule has 1 rings (SSSR count). The largest absolute Gasteiger partial charge is 0.385 e. The maximum Gasteiger partial charge on any atom is 0.240 e. The summed E-state index contributed by atoms with van der Waals surface area (Å²) in [6, 6.07) is 6.28. The average molecular weight is 283 g/mol. The van der Waals surface area contributed by atoms with Crippen molar-refractivity contribution in [1.29, 1.82) is 0 Å². The number of aliphatic hydroxyl groups is 1. The van der Waals surface area contributed by atoms with Gasteiger partial charge in [-0.2, -0.15) is 0 Å². The summed E-state index contributed by atoms with van der Waals surface area (Å²) in [7, 11) is -1.96. The van der Waals surface area contributed by atoms with Crippen molar-refractivity contribution in [3.8, 4) is 11.8 Å². The van der Waals surface area contributed by atoms with Crippen LogP contribution in [0.3, 0.4) is 0 Å². The van der Waals surface area contributed by atoms with E-state index < -0.39 is 10.0 Å². The van der Waals surface area contributed by atoms with Crippen molar-refractivity contribution in [1.82, 2.24) is 4.72 Å². The predicted molar refractivity (Wildman–Crippen MR) is 72.1 cm³/mol. The van der Waals surface area contributed by atoms with Gasteiger partial charge in [-0.1, -0.05) is 17.9 Å². The van der Waals surface area contributed by atoms with Crippen LogP contribution in [0.2, 0.25) is 0 Å². The minimum absolute atomic E-state index is 0.162. The highest BCUT2D eigenvalue weighted by atomic mass is 32.2. The Kier molecular flexibility index (Phi) is 6.53. The molecule has 0 aliphatic carbocycles. The van der Waals surface area contributed by atoms with Crippen molar-refractivity contribution < 1.29 is 18.3 Å². The molecule has 0 heterocycles. The molecule has 0 fully saturated rings. The van der Waals surface area contributed by atoms with Gasteiger partial charge in [0.15, 0.2) is 0 Å². The maximum absolute atomic E-state index is 12.0. The lowest BCUT2D eigenvalue weighted by Crippen LogP contribution is -2.25. The van der Waals surface area contributed by atoms with Gasteiger partial charge in [0, 0.05) is 25.8 Å². The molecule has 0 aliphatic heterocycles. The van der Waals surface area contributed by atoms with Crippen molar-refractivity contribution in [2.75, 3.05) is 26.9 Å². The second kappa shape index (κ2) is 7.92. The van der Waals surface area contributed by atoms with Crippen LogP contribution in [-0.2, 0) is 14.8 Å². The molecule has 5 nitrogen and oxygen atoms in total. The van der Waals surface area contributed by atoms with Gasteiger partial charge in [0.05, 0.1) is 4.90 Å². The lowest BCUT2D eigenvalue weighted by molar-refractivity contribution is 0.196. The fraction of sp³-hybridized carbons (Fsp3) is 0.385. The van der Waals surface area contributed by atoms with Crippen LogP contribution in [0.15, 0.2) is 29.2 Å². The Bertz CT molecular complexity index is 557. The molecule has 0 unspecified atom stereocenters. The van der Waals surface area contributed by atoms with E-state index >= 15 is 0 Å². The molecule has 0 saturated carbocycles. The molecular formula is C13H17NO4S. The van der Waals surface area contributed by atoms with E-state index in [0.29, 0.717) is 25.1 Å². The third-order valence-corrected chi connectivity index (χ3v) is 3.73. The highest BCUT2D eigenvalue weighted by Gasteiger charge is 2.13. The molecule has 1 aromatic carbocycles. The van der Waals surface area contributed by atoms with Crippen LogP contribution in [0.25, 0.3) is 0 Å². The van der Waals surface area contributed by atoms with E-state index in [1.807, 2.05) is 0 Å². The maximum atomic E-state index is 12.0. The molecule has 19 heavy (non-hydrogen) atoms. The van der Waals surface area contributed by atoms with Gasteiger partial charge in [-0.15, -0.1) is 0 Å². The van der Waals surface area contributed by atoms with Gasteiger partial charge < -0.3 is 9.84 Å². The van der Waals surface area contributed by atoms with E-state index in [2.05, 4.69) is 16.6 Å². The quantitative estimate of drug-likeness (QED) is 0.583. The Hall–Kier alpha value is -1.39. The van der Waals surface area contributed by atoms with Gasteiger partial charge in [-0.25, -0.2) is 13.1 Å². The number of methoxy groups -OCH3 is 1. The second-order valence-corrected chi connectivity index (χ2v) is 5.50. The molecule has 1 aromatic rings. The standard InChI is InChI=1S/C13H17NO4S/c1-18-10-4-8-14-19(16,17)13-7-2-5-12(11-13)6-3-9-15/h2,5,7,11,14-15H,4,8-10H2,1H3. The SMILES string of the molecule is COCCCNS(=O)(=O)c1cccc(C#CCO)c1. The summed E-state index contributed by atoms with van der Waals surface area (Å²) in [4.78, 5) is 0.162. The monoisotopic (exact) mass is 283 g/mol. The fourth-order valence-corrected chi connectivity index (χ4v) is 2.51. The van der Waals surface area contributed by atoms with E-state index in [1.165, 1.54) is 12.1 Å². The van der Waals surface area contributed by atoms with Gasteiger partial charge in [0.2, 0.25) is 10.0 Å².